The highest BCUT2D eigenvalue weighted by Gasteiger charge is 2.20. The molecule has 0 aliphatic carbocycles. The fraction of sp³-hybridized carbons (Fsp3) is 0.400. The molecule has 6 heteroatoms. The lowest BCUT2D eigenvalue weighted by molar-refractivity contribution is 0.104. The summed E-state index contributed by atoms with van der Waals surface area (Å²) < 4.78 is 15.1. The normalized spacial score (nSPS) is 13.8. The van der Waals surface area contributed by atoms with E-state index in [1.54, 1.807) is 18.2 Å². The van der Waals surface area contributed by atoms with E-state index in [0.717, 1.165) is 36.5 Å². The zero-order chi connectivity index (χ0) is 14.7. The van der Waals surface area contributed by atoms with Gasteiger partial charge in [0.1, 0.15) is 4.88 Å². The molecule has 5 nitrogen and oxygen atoms in total. The molecular weight excluding hydrogens is 288 g/mol. The molecule has 0 amide bonds. The second-order valence-electron chi connectivity index (χ2n) is 4.84. The molecule has 0 spiro atoms. The second kappa shape index (κ2) is 6.22. The molecule has 21 heavy (non-hydrogen) atoms. The van der Waals surface area contributed by atoms with E-state index in [9.17, 15) is 4.79 Å². The number of aryl methyl sites for hydroxylation is 1. The van der Waals surface area contributed by atoms with E-state index in [4.69, 9.17) is 9.47 Å². The Bertz CT molecular complexity index is 654. The summed E-state index contributed by atoms with van der Waals surface area (Å²) in [4.78, 5) is 13.2. The van der Waals surface area contributed by atoms with Crippen molar-refractivity contribution in [2.75, 3.05) is 13.2 Å². The lowest BCUT2D eigenvalue weighted by Crippen LogP contribution is -2.04. The van der Waals surface area contributed by atoms with Crippen LogP contribution in [0.5, 0.6) is 11.5 Å². The van der Waals surface area contributed by atoms with E-state index >= 15 is 0 Å². The van der Waals surface area contributed by atoms with Gasteiger partial charge in [0.05, 0.1) is 18.9 Å². The predicted molar refractivity (Wildman–Crippen MR) is 79.4 cm³/mol. The number of benzene rings is 1. The molecule has 0 bridgehead atoms. The Labute approximate surface area is 127 Å². The number of fused-ring (bicyclic) bond motifs is 1. The topological polar surface area (TPSA) is 61.3 Å². The van der Waals surface area contributed by atoms with Crippen LogP contribution in [0.4, 0.5) is 0 Å². The van der Waals surface area contributed by atoms with E-state index in [1.807, 2.05) is 0 Å². The number of hydrogen-bond donors (Lipinski definition) is 0. The molecule has 0 saturated heterocycles. The molecule has 0 fully saturated rings. The molecule has 0 unspecified atom stereocenters. The molecule has 1 aromatic heterocycles. The van der Waals surface area contributed by atoms with Gasteiger partial charge in [0.15, 0.2) is 11.5 Å². The van der Waals surface area contributed by atoms with Gasteiger partial charge in [-0.3, -0.25) is 4.79 Å². The van der Waals surface area contributed by atoms with Crippen molar-refractivity contribution in [1.82, 2.24) is 9.59 Å². The van der Waals surface area contributed by atoms with Crippen molar-refractivity contribution in [2.24, 2.45) is 0 Å². The Kier molecular flexibility index (Phi) is 4.15. The fourth-order valence-corrected chi connectivity index (χ4v) is 2.89. The summed E-state index contributed by atoms with van der Waals surface area (Å²) in [6.07, 6.45) is 2.55. The third kappa shape index (κ3) is 2.90. The van der Waals surface area contributed by atoms with Gasteiger partial charge in [0, 0.05) is 12.0 Å². The van der Waals surface area contributed by atoms with Crippen LogP contribution in [0.2, 0.25) is 0 Å². The van der Waals surface area contributed by atoms with Crippen LogP contribution in [0.3, 0.4) is 0 Å². The second-order valence-corrected chi connectivity index (χ2v) is 5.59. The quantitative estimate of drug-likeness (QED) is 0.813. The summed E-state index contributed by atoms with van der Waals surface area (Å²) in [5.41, 5.74) is 1.36. The Balaban J connectivity index is 1.91. The molecule has 3 rings (SSSR count). The zero-order valence-electron chi connectivity index (χ0n) is 11.8. The van der Waals surface area contributed by atoms with Crippen molar-refractivity contribution in [2.45, 2.75) is 26.2 Å². The number of carbonyl (C=O) groups excluding carboxylic acids is 1. The minimum Gasteiger partial charge on any atom is -0.490 e. The summed E-state index contributed by atoms with van der Waals surface area (Å²) >= 11 is 1.15. The summed E-state index contributed by atoms with van der Waals surface area (Å²) in [7, 11) is 0. The van der Waals surface area contributed by atoms with Crippen LogP contribution in [0, 0.1) is 0 Å². The fourth-order valence-electron chi connectivity index (χ4n) is 2.22. The van der Waals surface area contributed by atoms with Crippen molar-refractivity contribution in [3.05, 3.63) is 34.3 Å². The zero-order valence-corrected chi connectivity index (χ0v) is 12.6. The lowest BCUT2D eigenvalue weighted by Gasteiger charge is -2.08. The number of hydrogen-bond acceptors (Lipinski definition) is 6. The van der Waals surface area contributed by atoms with E-state index < -0.39 is 0 Å². The van der Waals surface area contributed by atoms with Crippen LogP contribution in [0.1, 0.15) is 40.7 Å². The number of ether oxygens (including phenoxy) is 2. The number of ketones is 1. The highest BCUT2D eigenvalue weighted by atomic mass is 32.1. The Morgan fingerprint density at radius 2 is 2.10 bits per heavy atom. The predicted octanol–water partition coefficient (Wildman–Crippen LogP) is 2.88. The first kappa shape index (κ1) is 14.0. The average Bonchev–Trinajstić information content (AvgIpc) is 2.82. The minimum absolute atomic E-state index is 0.0518. The van der Waals surface area contributed by atoms with Crippen LogP contribution < -0.4 is 9.47 Å². The number of carbonyl (C=O) groups is 1. The van der Waals surface area contributed by atoms with Gasteiger partial charge in [-0.2, -0.15) is 0 Å². The maximum Gasteiger partial charge on any atom is 0.206 e. The first-order valence-corrected chi connectivity index (χ1v) is 7.82. The van der Waals surface area contributed by atoms with E-state index in [1.165, 1.54) is 0 Å². The first-order valence-electron chi connectivity index (χ1n) is 7.05. The number of nitrogens with zero attached hydrogens (tertiary/aromatic N) is 2. The van der Waals surface area contributed by atoms with Gasteiger partial charge >= 0.3 is 0 Å². The number of aromatic nitrogens is 2. The summed E-state index contributed by atoms with van der Waals surface area (Å²) in [6.45, 7) is 3.30. The molecule has 2 heterocycles. The standard InChI is InChI=1S/C15H16N2O3S/c1-2-4-11-15(21-17-16-11)14(18)10-5-6-12-13(9-10)20-8-3-7-19-12/h5-6,9H,2-4,7-8H2,1H3. The Morgan fingerprint density at radius 1 is 1.29 bits per heavy atom. The third-order valence-electron chi connectivity index (χ3n) is 3.26. The molecule has 1 aliphatic heterocycles. The van der Waals surface area contributed by atoms with Crippen molar-refractivity contribution in [3.8, 4) is 11.5 Å². The molecule has 0 radical (unpaired) electrons. The van der Waals surface area contributed by atoms with Gasteiger partial charge in [-0.25, -0.2) is 0 Å². The van der Waals surface area contributed by atoms with Gasteiger partial charge in [-0.15, -0.1) is 5.10 Å². The van der Waals surface area contributed by atoms with E-state index in [0.29, 0.717) is 35.2 Å². The molecule has 0 saturated carbocycles. The van der Waals surface area contributed by atoms with Crippen molar-refractivity contribution in [3.63, 3.8) is 0 Å². The Hall–Kier alpha value is -1.95. The SMILES string of the molecule is CCCc1nnsc1C(=O)c1ccc2c(c1)OCCCO2. The molecule has 0 atom stereocenters. The third-order valence-corrected chi connectivity index (χ3v) is 4.03. The van der Waals surface area contributed by atoms with Gasteiger partial charge < -0.3 is 9.47 Å². The van der Waals surface area contributed by atoms with Crippen molar-refractivity contribution in [1.29, 1.82) is 0 Å². The van der Waals surface area contributed by atoms with Crippen LogP contribution in [0.25, 0.3) is 0 Å². The molecule has 1 aliphatic rings. The summed E-state index contributed by atoms with van der Waals surface area (Å²) in [5, 5.41) is 4.05. The van der Waals surface area contributed by atoms with Crippen LogP contribution in [-0.4, -0.2) is 28.6 Å². The molecule has 2 aromatic rings. The maximum absolute atomic E-state index is 12.6. The summed E-state index contributed by atoms with van der Waals surface area (Å²) in [6, 6.07) is 5.31. The molecular formula is C15H16N2O3S. The average molecular weight is 304 g/mol. The lowest BCUT2D eigenvalue weighted by atomic mass is 10.1. The van der Waals surface area contributed by atoms with Gasteiger partial charge in [0.25, 0.3) is 0 Å². The first-order chi connectivity index (χ1) is 10.3. The van der Waals surface area contributed by atoms with Gasteiger partial charge in [0.2, 0.25) is 5.78 Å². The van der Waals surface area contributed by atoms with Crippen LogP contribution >= 0.6 is 11.5 Å². The monoisotopic (exact) mass is 304 g/mol. The Morgan fingerprint density at radius 3 is 2.90 bits per heavy atom. The highest BCUT2D eigenvalue weighted by Crippen LogP contribution is 2.31. The van der Waals surface area contributed by atoms with Crippen LogP contribution in [0.15, 0.2) is 18.2 Å². The van der Waals surface area contributed by atoms with Crippen molar-refractivity contribution >= 4 is 17.3 Å². The number of rotatable bonds is 4. The summed E-state index contributed by atoms with van der Waals surface area (Å²) in [5.74, 6) is 1.28. The molecule has 110 valence electrons. The van der Waals surface area contributed by atoms with Crippen LogP contribution in [-0.2, 0) is 6.42 Å². The smallest absolute Gasteiger partial charge is 0.206 e. The van der Waals surface area contributed by atoms with Crippen molar-refractivity contribution < 1.29 is 14.3 Å². The van der Waals surface area contributed by atoms with Gasteiger partial charge in [-0.1, -0.05) is 17.8 Å². The van der Waals surface area contributed by atoms with Gasteiger partial charge in [-0.05, 0) is 36.2 Å². The molecule has 1 aromatic carbocycles. The van der Waals surface area contributed by atoms with E-state index in [2.05, 4.69) is 16.5 Å². The minimum atomic E-state index is -0.0518. The largest absolute Gasteiger partial charge is 0.490 e. The maximum atomic E-state index is 12.6. The molecule has 0 N–H and O–H groups in total. The highest BCUT2D eigenvalue weighted by molar-refractivity contribution is 7.08. The van der Waals surface area contributed by atoms with E-state index in [-0.39, 0.29) is 5.78 Å².